The SMILES string of the molecule is CCCNc1nc(NCC)ncc1[N+](=O)[O-]. The third-order valence-electron chi connectivity index (χ3n) is 1.84. The minimum absolute atomic E-state index is 0.102. The van der Waals surface area contributed by atoms with Crippen molar-refractivity contribution < 1.29 is 4.92 Å². The summed E-state index contributed by atoms with van der Waals surface area (Å²) in [5.74, 6) is 0.657. The highest BCUT2D eigenvalue weighted by Gasteiger charge is 2.16. The molecular weight excluding hydrogens is 210 g/mol. The van der Waals surface area contributed by atoms with Crippen LogP contribution in [0.4, 0.5) is 17.5 Å². The van der Waals surface area contributed by atoms with E-state index in [-0.39, 0.29) is 11.5 Å². The fraction of sp³-hybridized carbons (Fsp3) is 0.556. The summed E-state index contributed by atoms with van der Waals surface area (Å²) in [6, 6.07) is 0. The Hall–Kier alpha value is -1.92. The Morgan fingerprint density at radius 1 is 1.44 bits per heavy atom. The highest BCUT2D eigenvalue weighted by molar-refractivity contribution is 5.56. The van der Waals surface area contributed by atoms with Crippen molar-refractivity contribution in [1.29, 1.82) is 0 Å². The molecule has 0 radical (unpaired) electrons. The van der Waals surface area contributed by atoms with Crippen LogP contribution in [-0.4, -0.2) is 28.0 Å². The molecule has 88 valence electrons. The zero-order chi connectivity index (χ0) is 12.0. The number of nitro groups is 1. The average molecular weight is 225 g/mol. The van der Waals surface area contributed by atoms with E-state index in [4.69, 9.17) is 0 Å². The lowest BCUT2D eigenvalue weighted by atomic mass is 10.4. The van der Waals surface area contributed by atoms with E-state index < -0.39 is 4.92 Å². The molecule has 1 rings (SSSR count). The Bertz CT molecular complexity index is 369. The number of nitrogens with one attached hydrogen (secondary N) is 2. The maximum atomic E-state index is 10.7. The summed E-state index contributed by atoms with van der Waals surface area (Å²) in [6.07, 6.45) is 2.08. The summed E-state index contributed by atoms with van der Waals surface area (Å²) in [7, 11) is 0. The molecule has 1 aromatic heterocycles. The lowest BCUT2D eigenvalue weighted by Crippen LogP contribution is -2.09. The molecule has 2 N–H and O–H groups in total. The normalized spacial score (nSPS) is 9.88. The fourth-order valence-electron chi connectivity index (χ4n) is 1.13. The van der Waals surface area contributed by atoms with Crippen molar-refractivity contribution in [2.75, 3.05) is 23.7 Å². The van der Waals surface area contributed by atoms with E-state index >= 15 is 0 Å². The molecule has 0 amide bonds. The zero-order valence-electron chi connectivity index (χ0n) is 9.36. The van der Waals surface area contributed by atoms with Crippen molar-refractivity contribution in [3.8, 4) is 0 Å². The smallest absolute Gasteiger partial charge is 0.329 e. The molecule has 0 spiro atoms. The van der Waals surface area contributed by atoms with E-state index in [1.165, 1.54) is 6.20 Å². The van der Waals surface area contributed by atoms with Crippen LogP contribution in [0, 0.1) is 10.1 Å². The molecule has 0 saturated heterocycles. The van der Waals surface area contributed by atoms with Gasteiger partial charge in [0.1, 0.15) is 6.20 Å². The predicted octanol–water partition coefficient (Wildman–Crippen LogP) is 1.64. The lowest BCUT2D eigenvalue weighted by Gasteiger charge is -2.06. The zero-order valence-corrected chi connectivity index (χ0v) is 9.36. The van der Waals surface area contributed by atoms with Gasteiger partial charge in [0.15, 0.2) is 0 Å². The molecule has 1 aromatic rings. The number of hydrogen-bond donors (Lipinski definition) is 2. The van der Waals surface area contributed by atoms with Gasteiger partial charge in [-0.25, -0.2) is 4.98 Å². The van der Waals surface area contributed by atoms with Gasteiger partial charge in [0.2, 0.25) is 11.8 Å². The van der Waals surface area contributed by atoms with E-state index in [0.29, 0.717) is 19.0 Å². The van der Waals surface area contributed by atoms with Crippen LogP contribution in [0.5, 0.6) is 0 Å². The van der Waals surface area contributed by atoms with Crippen molar-refractivity contribution in [1.82, 2.24) is 9.97 Å². The highest BCUT2D eigenvalue weighted by atomic mass is 16.6. The Morgan fingerprint density at radius 3 is 2.75 bits per heavy atom. The standard InChI is InChI=1S/C9H15N5O2/c1-3-5-11-8-7(14(15)16)6-12-9(13-8)10-4-2/h6H,3-5H2,1-2H3,(H2,10,11,12,13). The number of hydrogen-bond acceptors (Lipinski definition) is 6. The van der Waals surface area contributed by atoms with Crippen LogP contribution in [0.2, 0.25) is 0 Å². The van der Waals surface area contributed by atoms with Gasteiger partial charge in [-0.15, -0.1) is 0 Å². The molecule has 0 fully saturated rings. The molecular formula is C9H15N5O2. The maximum Gasteiger partial charge on any atom is 0.329 e. The Morgan fingerprint density at radius 2 is 2.19 bits per heavy atom. The highest BCUT2D eigenvalue weighted by Crippen LogP contribution is 2.21. The van der Waals surface area contributed by atoms with Crippen LogP contribution in [0.1, 0.15) is 20.3 Å². The molecule has 0 unspecified atom stereocenters. The first-order valence-electron chi connectivity index (χ1n) is 5.18. The molecule has 0 saturated carbocycles. The topological polar surface area (TPSA) is 93.0 Å². The quantitative estimate of drug-likeness (QED) is 0.564. The molecule has 1 heterocycles. The van der Waals surface area contributed by atoms with Gasteiger partial charge in [0.25, 0.3) is 0 Å². The number of anilines is 2. The van der Waals surface area contributed by atoms with E-state index in [0.717, 1.165) is 6.42 Å². The largest absolute Gasteiger partial charge is 0.364 e. The van der Waals surface area contributed by atoms with E-state index in [1.54, 1.807) is 0 Å². The van der Waals surface area contributed by atoms with Crippen LogP contribution in [-0.2, 0) is 0 Å². The first kappa shape index (κ1) is 12.2. The van der Waals surface area contributed by atoms with Gasteiger partial charge < -0.3 is 10.6 Å². The molecule has 0 aliphatic carbocycles. The van der Waals surface area contributed by atoms with Crippen LogP contribution in [0.25, 0.3) is 0 Å². The molecule has 7 nitrogen and oxygen atoms in total. The van der Waals surface area contributed by atoms with Crippen LogP contribution in [0.15, 0.2) is 6.20 Å². The third kappa shape index (κ3) is 3.04. The molecule has 0 atom stereocenters. The predicted molar refractivity (Wildman–Crippen MR) is 61.6 cm³/mol. The van der Waals surface area contributed by atoms with Crippen molar-refractivity contribution in [3.63, 3.8) is 0 Å². The van der Waals surface area contributed by atoms with Crippen LogP contribution >= 0.6 is 0 Å². The summed E-state index contributed by atoms with van der Waals surface area (Å²) in [6.45, 7) is 5.20. The molecule has 0 aliphatic heterocycles. The van der Waals surface area contributed by atoms with Crippen molar-refractivity contribution in [2.24, 2.45) is 0 Å². The van der Waals surface area contributed by atoms with E-state index in [2.05, 4.69) is 20.6 Å². The Balaban J connectivity index is 2.95. The second kappa shape index (κ2) is 5.84. The van der Waals surface area contributed by atoms with Gasteiger partial charge in [0.05, 0.1) is 4.92 Å². The van der Waals surface area contributed by atoms with Crippen molar-refractivity contribution >= 4 is 17.5 Å². The van der Waals surface area contributed by atoms with Crippen LogP contribution in [0.3, 0.4) is 0 Å². The molecule has 16 heavy (non-hydrogen) atoms. The summed E-state index contributed by atoms with van der Waals surface area (Å²) < 4.78 is 0. The molecule has 0 aliphatic rings. The van der Waals surface area contributed by atoms with Gasteiger partial charge in [-0.3, -0.25) is 10.1 Å². The van der Waals surface area contributed by atoms with Crippen molar-refractivity contribution in [3.05, 3.63) is 16.3 Å². The molecule has 0 bridgehead atoms. The monoisotopic (exact) mass is 225 g/mol. The molecule has 0 aromatic carbocycles. The Kier molecular flexibility index (Phi) is 4.43. The second-order valence-electron chi connectivity index (χ2n) is 3.14. The van der Waals surface area contributed by atoms with Crippen LogP contribution < -0.4 is 10.6 Å². The van der Waals surface area contributed by atoms with Gasteiger partial charge in [-0.05, 0) is 13.3 Å². The first-order chi connectivity index (χ1) is 7.69. The number of rotatable bonds is 6. The van der Waals surface area contributed by atoms with E-state index in [1.807, 2.05) is 13.8 Å². The summed E-state index contributed by atoms with van der Waals surface area (Å²) in [5, 5.41) is 16.5. The fourth-order valence-corrected chi connectivity index (χ4v) is 1.13. The minimum Gasteiger partial charge on any atom is -0.364 e. The Labute approximate surface area is 93.4 Å². The summed E-state index contributed by atoms with van der Waals surface area (Å²) in [5.41, 5.74) is -0.102. The molecule has 7 heteroatoms. The maximum absolute atomic E-state index is 10.7. The number of aromatic nitrogens is 2. The van der Waals surface area contributed by atoms with Gasteiger partial charge in [-0.1, -0.05) is 6.92 Å². The van der Waals surface area contributed by atoms with Gasteiger partial charge in [0, 0.05) is 13.1 Å². The van der Waals surface area contributed by atoms with Gasteiger partial charge >= 0.3 is 5.69 Å². The third-order valence-corrected chi connectivity index (χ3v) is 1.84. The first-order valence-corrected chi connectivity index (χ1v) is 5.18. The number of nitrogens with zero attached hydrogens (tertiary/aromatic N) is 3. The lowest BCUT2D eigenvalue weighted by molar-refractivity contribution is -0.384. The van der Waals surface area contributed by atoms with Crippen molar-refractivity contribution in [2.45, 2.75) is 20.3 Å². The average Bonchev–Trinajstić information content (AvgIpc) is 2.26. The summed E-state index contributed by atoms with van der Waals surface area (Å²) in [4.78, 5) is 18.1. The van der Waals surface area contributed by atoms with Gasteiger partial charge in [-0.2, -0.15) is 4.98 Å². The second-order valence-corrected chi connectivity index (χ2v) is 3.14. The van der Waals surface area contributed by atoms with E-state index in [9.17, 15) is 10.1 Å². The minimum atomic E-state index is -0.492. The summed E-state index contributed by atoms with van der Waals surface area (Å²) >= 11 is 0.